The average Bonchev–Trinajstić information content (AvgIpc) is 3.36. The molecule has 1 aromatic carbocycles. The Balaban J connectivity index is 1.77. The average molecular weight is 371 g/mol. The van der Waals surface area contributed by atoms with Gasteiger partial charge in [0.25, 0.3) is 0 Å². The van der Waals surface area contributed by atoms with E-state index in [0.717, 1.165) is 41.4 Å². The van der Waals surface area contributed by atoms with Gasteiger partial charge in [0.05, 0.1) is 16.7 Å². The van der Waals surface area contributed by atoms with Crippen LogP contribution in [0.15, 0.2) is 43.1 Å². The monoisotopic (exact) mass is 370 g/mol. The van der Waals surface area contributed by atoms with Crippen molar-refractivity contribution in [2.75, 3.05) is 0 Å². The molecule has 0 amide bonds. The molecule has 5 rings (SSSR count). The summed E-state index contributed by atoms with van der Waals surface area (Å²) in [6.45, 7) is 9.42. The molecular weight excluding hydrogens is 344 g/mol. The van der Waals surface area contributed by atoms with Gasteiger partial charge in [0.2, 0.25) is 0 Å². The normalized spacial score (nSPS) is 14.2. The summed E-state index contributed by atoms with van der Waals surface area (Å²) in [6.07, 6.45) is 5.49. The number of hydrogen-bond donors (Lipinski definition) is 0. The summed E-state index contributed by atoms with van der Waals surface area (Å²) in [4.78, 5) is 9.77. The highest BCUT2D eigenvalue weighted by Gasteiger charge is 2.26. The van der Waals surface area contributed by atoms with Crippen molar-refractivity contribution in [3.8, 4) is 11.5 Å². The second-order valence-corrected chi connectivity index (χ2v) is 8.13. The Hall–Kier alpha value is -2.88. The van der Waals surface area contributed by atoms with E-state index in [9.17, 15) is 0 Å². The molecule has 3 heterocycles. The lowest BCUT2D eigenvalue weighted by molar-refractivity contribution is 0.644. The predicted molar refractivity (Wildman–Crippen MR) is 116 cm³/mol. The van der Waals surface area contributed by atoms with Gasteiger partial charge in [-0.3, -0.25) is 0 Å². The molecule has 4 nitrogen and oxygen atoms in total. The lowest BCUT2D eigenvalue weighted by Gasteiger charge is -2.10. The molecule has 28 heavy (non-hydrogen) atoms. The molecule has 4 aromatic rings. The fourth-order valence-corrected chi connectivity index (χ4v) is 4.21. The molecule has 0 unspecified atom stereocenters. The Bertz CT molecular complexity index is 1220. The third-order valence-corrected chi connectivity index (χ3v) is 5.94. The van der Waals surface area contributed by atoms with Crippen molar-refractivity contribution in [3.05, 3.63) is 54.2 Å². The number of pyridine rings is 1. The van der Waals surface area contributed by atoms with Gasteiger partial charge >= 0.3 is 0 Å². The van der Waals surface area contributed by atoms with E-state index in [1.165, 1.54) is 40.6 Å². The van der Waals surface area contributed by atoms with E-state index in [1.54, 1.807) is 0 Å². The van der Waals surface area contributed by atoms with E-state index in [1.807, 2.05) is 12.3 Å². The highest BCUT2D eigenvalue weighted by Crippen LogP contribution is 2.36. The van der Waals surface area contributed by atoms with E-state index in [2.05, 4.69) is 65.9 Å². The molecule has 1 saturated carbocycles. The number of hydrogen-bond acceptors (Lipinski definition) is 2. The highest BCUT2D eigenvalue weighted by atomic mass is 15.1. The van der Waals surface area contributed by atoms with Gasteiger partial charge in [-0.2, -0.15) is 0 Å². The van der Waals surface area contributed by atoms with Crippen molar-refractivity contribution in [3.63, 3.8) is 0 Å². The summed E-state index contributed by atoms with van der Waals surface area (Å²) in [5, 5.41) is 1.18. The van der Waals surface area contributed by atoms with Gasteiger partial charge in [0.15, 0.2) is 5.82 Å². The molecule has 0 spiro atoms. The molecule has 0 saturated heterocycles. The molecule has 0 N–H and O–H groups in total. The van der Waals surface area contributed by atoms with E-state index in [0.29, 0.717) is 0 Å². The molecule has 0 aliphatic heterocycles. The van der Waals surface area contributed by atoms with Crippen LogP contribution in [0.2, 0.25) is 0 Å². The maximum atomic E-state index is 5.09. The fourth-order valence-electron chi connectivity index (χ4n) is 4.21. The van der Waals surface area contributed by atoms with Crippen molar-refractivity contribution in [1.29, 1.82) is 0 Å². The number of benzene rings is 1. The number of nitrogens with zero attached hydrogens (tertiary/aromatic N) is 4. The maximum Gasteiger partial charge on any atom is 0.157 e. The van der Waals surface area contributed by atoms with Crippen molar-refractivity contribution in [2.45, 2.75) is 39.7 Å². The SMILES string of the molecule is C=C(C)c1cc(CC)c2c(c1)nc(-c1cc3cccnc3n1CC1CC1)n2C. The number of rotatable bonds is 5. The van der Waals surface area contributed by atoms with E-state index >= 15 is 0 Å². The second-order valence-electron chi connectivity index (χ2n) is 8.13. The fraction of sp³-hybridized carbons (Fsp3) is 0.333. The summed E-state index contributed by atoms with van der Waals surface area (Å²) < 4.78 is 4.63. The first-order chi connectivity index (χ1) is 13.6. The lowest BCUT2D eigenvalue weighted by atomic mass is 10.0. The van der Waals surface area contributed by atoms with Crippen LogP contribution in [0.3, 0.4) is 0 Å². The predicted octanol–water partition coefficient (Wildman–Crippen LogP) is 5.60. The van der Waals surface area contributed by atoms with Crippen LogP contribution < -0.4 is 0 Å². The molecular formula is C24H26N4. The Kier molecular flexibility index (Phi) is 3.90. The molecule has 1 aliphatic carbocycles. The minimum absolute atomic E-state index is 0.771. The van der Waals surface area contributed by atoms with Crippen LogP contribution in [0, 0.1) is 5.92 Å². The van der Waals surface area contributed by atoms with Crippen LogP contribution in [-0.2, 0) is 20.0 Å². The second kappa shape index (κ2) is 6.33. The zero-order valence-electron chi connectivity index (χ0n) is 16.9. The molecule has 0 radical (unpaired) electrons. The van der Waals surface area contributed by atoms with Crippen LogP contribution in [0.1, 0.15) is 37.8 Å². The molecule has 1 aliphatic rings. The van der Waals surface area contributed by atoms with Crippen LogP contribution in [0.25, 0.3) is 39.2 Å². The largest absolute Gasteiger partial charge is 0.326 e. The summed E-state index contributed by atoms with van der Waals surface area (Å²) in [6, 6.07) is 10.8. The van der Waals surface area contributed by atoms with Crippen LogP contribution >= 0.6 is 0 Å². The topological polar surface area (TPSA) is 35.6 Å². The molecule has 0 bridgehead atoms. The Morgan fingerprint density at radius 3 is 2.79 bits per heavy atom. The number of aromatic nitrogens is 4. The smallest absolute Gasteiger partial charge is 0.157 e. The van der Waals surface area contributed by atoms with Crippen molar-refractivity contribution in [1.82, 2.24) is 19.1 Å². The minimum atomic E-state index is 0.771. The maximum absolute atomic E-state index is 5.09. The Labute approximate surface area is 165 Å². The number of allylic oxidation sites excluding steroid dienone is 1. The van der Waals surface area contributed by atoms with Gasteiger partial charge in [-0.1, -0.05) is 19.1 Å². The third kappa shape index (κ3) is 2.67. The molecule has 0 atom stereocenters. The zero-order valence-corrected chi connectivity index (χ0v) is 16.9. The number of aryl methyl sites for hydroxylation is 2. The number of fused-ring (bicyclic) bond motifs is 2. The quantitative estimate of drug-likeness (QED) is 0.459. The molecule has 142 valence electrons. The van der Waals surface area contributed by atoms with E-state index in [4.69, 9.17) is 4.98 Å². The first-order valence-corrected chi connectivity index (χ1v) is 10.2. The summed E-state index contributed by atoms with van der Waals surface area (Å²) in [5.41, 5.74) is 8.07. The standard InChI is InChI=1S/C24H26N4/c1-5-17-11-19(15(2)3)12-20-22(17)27(4)24(26-20)21-13-18-7-6-10-25-23(18)28(21)14-16-8-9-16/h6-7,10-13,16H,2,5,8-9,14H2,1,3-4H3. The van der Waals surface area contributed by atoms with Crippen LogP contribution in [-0.4, -0.2) is 19.1 Å². The molecule has 3 aromatic heterocycles. The Morgan fingerprint density at radius 1 is 1.25 bits per heavy atom. The molecule has 1 fully saturated rings. The Morgan fingerprint density at radius 2 is 2.07 bits per heavy atom. The minimum Gasteiger partial charge on any atom is -0.326 e. The lowest BCUT2D eigenvalue weighted by Crippen LogP contribution is -2.05. The summed E-state index contributed by atoms with van der Waals surface area (Å²) in [5.74, 6) is 1.79. The summed E-state index contributed by atoms with van der Waals surface area (Å²) >= 11 is 0. The van der Waals surface area contributed by atoms with Gasteiger partial charge in [-0.05, 0) is 73.6 Å². The van der Waals surface area contributed by atoms with Crippen LogP contribution in [0.5, 0.6) is 0 Å². The van der Waals surface area contributed by atoms with Crippen molar-refractivity contribution in [2.24, 2.45) is 13.0 Å². The van der Waals surface area contributed by atoms with Crippen molar-refractivity contribution >= 4 is 27.6 Å². The van der Waals surface area contributed by atoms with Gasteiger partial charge in [0.1, 0.15) is 5.65 Å². The summed E-state index contributed by atoms with van der Waals surface area (Å²) in [7, 11) is 2.14. The van der Waals surface area contributed by atoms with E-state index < -0.39 is 0 Å². The zero-order chi connectivity index (χ0) is 19.4. The third-order valence-electron chi connectivity index (χ3n) is 5.94. The first-order valence-electron chi connectivity index (χ1n) is 10.2. The van der Waals surface area contributed by atoms with Gasteiger partial charge in [-0.25, -0.2) is 9.97 Å². The van der Waals surface area contributed by atoms with E-state index in [-0.39, 0.29) is 0 Å². The van der Waals surface area contributed by atoms with Crippen LogP contribution in [0.4, 0.5) is 0 Å². The van der Waals surface area contributed by atoms with Crippen molar-refractivity contribution < 1.29 is 0 Å². The van der Waals surface area contributed by atoms with Gasteiger partial charge in [-0.15, -0.1) is 0 Å². The molecule has 4 heteroatoms. The van der Waals surface area contributed by atoms with Gasteiger partial charge < -0.3 is 9.13 Å². The first kappa shape index (κ1) is 17.2. The number of imidazole rings is 1. The van der Waals surface area contributed by atoms with Gasteiger partial charge in [0, 0.05) is 25.2 Å². The highest BCUT2D eigenvalue weighted by molar-refractivity contribution is 5.89.